The Morgan fingerprint density at radius 3 is 2.64 bits per heavy atom. The fourth-order valence-electron chi connectivity index (χ4n) is 2.43. The number of nitrogens with one attached hydrogen (secondary N) is 2. The zero-order valence-electron chi connectivity index (χ0n) is 13.4. The van der Waals surface area contributed by atoms with Crippen LogP contribution in [-0.4, -0.2) is 39.3 Å². The number of hydrogen-bond acceptors (Lipinski definition) is 2. The number of guanidine groups is 1. The van der Waals surface area contributed by atoms with Crippen LogP contribution in [-0.2, 0) is 11.2 Å². The van der Waals surface area contributed by atoms with Gasteiger partial charge in [0.25, 0.3) is 0 Å². The molecule has 2 aromatic carbocycles. The van der Waals surface area contributed by atoms with Crippen molar-refractivity contribution in [2.75, 3.05) is 33.4 Å². The second kappa shape index (κ2) is 9.05. The highest BCUT2D eigenvalue weighted by Gasteiger charge is 2.01. The Labute approximate surface area is 132 Å². The van der Waals surface area contributed by atoms with E-state index in [-0.39, 0.29) is 0 Å². The van der Waals surface area contributed by atoms with Crippen LogP contribution in [0.5, 0.6) is 0 Å². The highest BCUT2D eigenvalue weighted by molar-refractivity contribution is 5.85. The Balaban J connectivity index is 1.84. The SMILES string of the molecule is CCOCCNC(=NC)NCCc1cccc2ccccc12. The first-order chi connectivity index (χ1) is 10.8. The number of nitrogens with zero attached hydrogens (tertiary/aromatic N) is 1. The van der Waals surface area contributed by atoms with Gasteiger partial charge in [-0.3, -0.25) is 4.99 Å². The van der Waals surface area contributed by atoms with Crippen molar-refractivity contribution in [2.24, 2.45) is 4.99 Å². The molecule has 0 radical (unpaired) electrons. The Morgan fingerprint density at radius 1 is 1.05 bits per heavy atom. The van der Waals surface area contributed by atoms with Crippen LogP contribution in [0.1, 0.15) is 12.5 Å². The summed E-state index contributed by atoms with van der Waals surface area (Å²) in [7, 11) is 1.79. The molecule has 22 heavy (non-hydrogen) atoms. The molecule has 0 heterocycles. The van der Waals surface area contributed by atoms with E-state index in [0.29, 0.717) is 6.61 Å². The first-order valence-electron chi connectivity index (χ1n) is 7.84. The minimum Gasteiger partial charge on any atom is -0.380 e. The maximum atomic E-state index is 5.31. The van der Waals surface area contributed by atoms with E-state index < -0.39 is 0 Å². The zero-order chi connectivity index (χ0) is 15.6. The van der Waals surface area contributed by atoms with E-state index >= 15 is 0 Å². The monoisotopic (exact) mass is 299 g/mol. The summed E-state index contributed by atoms with van der Waals surface area (Å²) in [5.74, 6) is 0.819. The van der Waals surface area contributed by atoms with Gasteiger partial charge in [-0.15, -0.1) is 0 Å². The Bertz CT molecular complexity index is 605. The molecule has 4 heteroatoms. The molecule has 0 saturated heterocycles. The van der Waals surface area contributed by atoms with Gasteiger partial charge < -0.3 is 15.4 Å². The third-order valence-electron chi connectivity index (χ3n) is 3.53. The van der Waals surface area contributed by atoms with E-state index in [9.17, 15) is 0 Å². The van der Waals surface area contributed by atoms with E-state index in [2.05, 4.69) is 58.1 Å². The molecule has 0 aliphatic heterocycles. The van der Waals surface area contributed by atoms with E-state index in [4.69, 9.17) is 4.74 Å². The van der Waals surface area contributed by atoms with Crippen LogP contribution in [0.4, 0.5) is 0 Å². The molecular formula is C18H25N3O. The van der Waals surface area contributed by atoms with Crippen molar-refractivity contribution in [3.8, 4) is 0 Å². The molecule has 4 nitrogen and oxygen atoms in total. The smallest absolute Gasteiger partial charge is 0.191 e. The Morgan fingerprint density at radius 2 is 1.82 bits per heavy atom. The topological polar surface area (TPSA) is 45.6 Å². The molecule has 0 fully saturated rings. The lowest BCUT2D eigenvalue weighted by molar-refractivity contribution is 0.152. The molecule has 0 aliphatic rings. The maximum absolute atomic E-state index is 5.31. The van der Waals surface area contributed by atoms with Crippen LogP contribution in [0, 0.1) is 0 Å². The molecule has 0 aliphatic carbocycles. The van der Waals surface area contributed by atoms with Crippen molar-refractivity contribution < 1.29 is 4.74 Å². The van der Waals surface area contributed by atoms with Crippen LogP contribution in [0.3, 0.4) is 0 Å². The zero-order valence-corrected chi connectivity index (χ0v) is 13.4. The largest absolute Gasteiger partial charge is 0.380 e. The van der Waals surface area contributed by atoms with Crippen molar-refractivity contribution >= 4 is 16.7 Å². The molecule has 0 bridgehead atoms. The highest BCUT2D eigenvalue weighted by Crippen LogP contribution is 2.18. The van der Waals surface area contributed by atoms with Gasteiger partial charge in [0.05, 0.1) is 6.61 Å². The number of benzene rings is 2. The first kappa shape index (κ1) is 16.3. The molecule has 0 atom stereocenters. The van der Waals surface area contributed by atoms with E-state index in [0.717, 1.165) is 32.1 Å². The molecule has 2 aromatic rings. The summed E-state index contributed by atoms with van der Waals surface area (Å²) in [5.41, 5.74) is 1.36. The molecule has 0 aromatic heterocycles. The van der Waals surface area contributed by atoms with E-state index in [1.165, 1.54) is 16.3 Å². The number of fused-ring (bicyclic) bond motifs is 1. The lowest BCUT2D eigenvalue weighted by Crippen LogP contribution is -2.39. The van der Waals surface area contributed by atoms with Gasteiger partial charge in [0, 0.05) is 26.7 Å². The minimum absolute atomic E-state index is 0.695. The molecule has 0 saturated carbocycles. The van der Waals surface area contributed by atoms with Gasteiger partial charge in [-0.1, -0.05) is 42.5 Å². The third-order valence-corrected chi connectivity index (χ3v) is 3.53. The van der Waals surface area contributed by atoms with Crippen LogP contribution < -0.4 is 10.6 Å². The fraction of sp³-hybridized carbons (Fsp3) is 0.389. The molecule has 0 amide bonds. The first-order valence-corrected chi connectivity index (χ1v) is 7.84. The summed E-state index contributed by atoms with van der Waals surface area (Å²) in [6, 6.07) is 15.0. The molecule has 2 N–H and O–H groups in total. The normalized spacial score (nSPS) is 11.6. The molecular weight excluding hydrogens is 274 g/mol. The molecule has 2 rings (SSSR count). The minimum atomic E-state index is 0.695. The molecule has 0 unspecified atom stereocenters. The summed E-state index contributed by atoms with van der Waals surface area (Å²) in [5, 5.41) is 9.20. The van der Waals surface area contributed by atoms with Gasteiger partial charge in [0.15, 0.2) is 5.96 Å². The molecule has 118 valence electrons. The average Bonchev–Trinajstić information content (AvgIpc) is 2.57. The second-order valence-electron chi connectivity index (χ2n) is 5.01. The van der Waals surface area contributed by atoms with Crippen LogP contribution in [0.2, 0.25) is 0 Å². The van der Waals surface area contributed by atoms with Crippen molar-refractivity contribution in [3.63, 3.8) is 0 Å². The number of rotatable bonds is 7. The lowest BCUT2D eigenvalue weighted by Gasteiger charge is -2.12. The van der Waals surface area contributed by atoms with E-state index in [1.807, 2.05) is 6.92 Å². The van der Waals surface area contributed by atoms with Crippen molar-refractivity contribution in [1.82, 2.24) is 10.6 Å². The van der Waals surface area contributed by atoms with Crippen LogP contribution in [0.25, 0.3) is 10.8 Å². The van der Waals surface area contributed by atoms with E-state index in [1.54, 1.807) is 7.05 Å². The van der Waals surface area contributed by atoms with Crippen molar-refractivity contribution in [3.05, 3.63) is 48.0 Å². The van der Waals surface area contributed by atoms with Gasteiger partial charge >= 0.3 is 0 Å². The second-order valence-corrected chi connectivity index (χ2v) is 5.01. The quantitative estimate of drug-likeness (QED) is 0.469. The van der Waals surface area contributed by atoms with Crippen LogP contribution in [0.15, 0.2) is 47.5 Å². The summed E-state index contributed by atoms with van der Waals surface area (Å²) < 4.78 is 5.31. The van der Waals surface area contributed by atoms with Crippen molar-refractivity contribution in [1.29, 1.82) is 0 Å². The number of ether oxygens (including phenoxy) is 1. The summed E-state index contributed by atoms with van der Waals surface area (Å²) >= 11 is 0. The van der Waals surface area contributed by atoms with Crippen molar-refractivity contribution in [2.45, 2.75) is 13.3 Å². The predicted molar refractivity (Wildman–Crippen MR) is 93.5 cm³/mol. The fourth-order valence-corrected chi connectivity index (χ4v) is 2.43. The maximum Gasteiger partial charge on any atom is 0.191 e. The average molecular weight is 299 g/mol. The number of hydrogen-bond donors (Lipinski definition) is 2. The van der Waals surface area contributed by atoms with Gasteiger partial charge in [-0.2, -0.15) is 0 Å². The third kappa shape index (κ3) is 4.74. The van der Waals surface area contributed by atoms with Gasteiger partial charge in [0.2, 0.25) is 0 Å². The standard InChI is InChI=1S/C18H25N3O/c1-3-22-14-13-21-18(19-2)20-12-11-16-9-6-8-15-7-4-5-10-17(15)16/h4-10H,3,11-14H2,1-2H3,(H2,19,20,21). The number of aliphatic imine (C=N–C) groups is 1. The summed E-state index contributed by atoms with van der Waals surface area (Å²) in [6.07, 6.45) is 0.966. The van der Waals surface area contributed by atoms with Crippen LogP contribution >= 0.6 is 0 Å². The molecule has 0 spiro atoms. The highest BCUT2D eigenvalue weighted by atomic mass is 16.5. The summed E-state index contributed by atoms with van der Waals surface area (Å²) in [4.78, 5) is 4.22. The van der Waals surface area contributed by atoms with Gasteiger partial charge in [0.1, 0.15) is 0 Å². The lowest BCUT2D eigenvalue weighted by atomic mass is 10.0. The van der Waals surface area contributed by atoms with Gasteiger partial charge in [-0.25, -0.2) is 0 Å². The Kier molecular flexibility index (Phi) is 6.71. The van der Waals surface area contributed by atoms with Gasteiger partial charge in [-0.05, 0) is 29.7 Å². The predicted octanol–water partition coefficient (Wildman–Crippen LogP) is 2.58. The Hall–Kier alpha value is -2.07. The summed E-state index contributed by atoms with van der Waals surface area (Å²) in [6.45, 7) is 5.05.